The van der Waals surface area contributed by atoms with Gasteiger partial charge in [-0.15, -0.1) is 0 Å². The van der Waals surface area contributed by atoms with Crippen molar-refractivity contribution in [3.8, 4) is 0 Å². The van der Waals surface area contributed by atoms with Gasteiger partial charge in [0.15, 0.2) is 0 Å². The van der Waals surface area contributed by atoms with E-state index in [9.17, 15) is 0 Å². The van der Waals surface area contributed by atoms with Gasteiger partial charge < -0.3 is 10.2 Å². The Morgan fingerprint density at radius 3 is 2.75 bits per heavy atom. The molecule has 0 aromatic rings. The van der Waals surface area contributed by atoms with Crippen LogP contribution in [0.5, 0.6) is 0 Å². The van der Waals surface area contributed by atoms with E-state index < -0.39 is 0 Å². The first-order valence-corrected chi connectivity index (χ1v) is 6.83. The molecule has 0 aromatic carbocycles. The Balaban J connectivity index is 1.92. The standard InChI is InChI=1S/C13H27N3/c1-4-13(6-5-7-14-13)11-16-9-8-15(3)10-12(16)2/h12,14H,4-11H2,1-3H3. The first-order chi connectivity index (χ1) is 7.65. The lowest BCUT2D eigenvalue weighted by atomic mass is 9.92. The van der Waals surface area contributed by atoms with Gasteiger partial charge in [-0.25, -0.2) is 0 Å². The first-order valence-electron chi connectivity index (χ1n) is 6.83. The molecule has 94 valence electrons. The molecule has 1 N–H and O–H groups in total. The second-order valence-electron chi connectivity index (χ2n) is 5.75. The highest BCUT2D eigenvalue weighted by atomic mass is 15.3. The van der Waals surface area contributed by atoms with Crippen molar-refractivity contribution in [3.05, 3.63) is 0 Å². The molecule has 2 saturated heterocycles. The third-order valence-corrected chi connectivity index (χ3v) is 4.48. The average Bonchev–Trinajstić information content (AvgIpc) is 2.72. The summed E-state index contributed by atoms with van der Waals surface area (Å²) in [5.41, 5.74) is 0.421. The normalized spacial score (nSPS) is 38.1. The van der Waals surface area contributed by atoms with Gasteiger partial charge in [0.05, 0.1) is 0 Å². The van der Waals surface area contributed by atoms with Crippen LogP contribution < -0.4 is 5.32 Å². The Kier molecular flexibility index (Phi) is 3.88. The zero-order chi connectivity index (χ0) is 11.6. The minimum atomic E-state index is 0.421. The predicted molar refractivity (Wildman–Crippen MR) is 68.8 cm³/mol. The lowest BCUT2D eigenvalue weighted by Gasteiger charge is -2.43. The quantitative estimate of drug-likeness (QED) is 0.777. The van der Waals surface area contributed by atoms with Crippen molar-refractivity contribution in [3.63, 3.8) is 0 Å². The molecule has 2 rings (SSSR count). The monoisotopic (exact) mass is 225 g/mol. The SMILES string of the molecule is CCC1(CN2CCN(C)CC2C)CCCN1. The van der Waals surface area contributed by atoms with Gasteiger partial charge in [-0.1, -0.05) is 6.92 Å². The van der Waals surface area contributed by atoms with E-state index in [0.717, 1.165) is 0 Å². The minimum absolute atomic E-state index is 0.421. The number of likely N-dealkylation sites (N-methyl/N-ethyl adjacent to an activating group) is 1. The van der Waals surface area contributed by atoms with E-state index in [-0.39, 0.29) is 0 Å². The van der Waals surface area contributed by atoms with Crippen LogP contribution in [0.2, 0.25) is 0 Å². The highest BCUT2D eigenvalue weighted by molar-refractivity contribution is 4.96. The van der Waals surface area contributed by atoms with Crippen LogP contribution in [-0.2, 0) is 0 Å². The molecular formula is C13H27N3. The average molecular weight is 225 g/mol. The van der Waals surface area contributed by atoms with Crippen molar-refractivity contribution >= 4 is 0 Å². The van der Waals surface area contributed by atoms with Gasteiger partial charge in [-0.2, -0.15) is 0 Å². The fraction of sp³-hybridized carbons (Fsp3) is 1.00. The van der Waals surface area contributed by atoms with E-state index in [1.165, 1.54) is 52.0 Å². The molecule has 2 heterocycles. The van der Waals surface area contributed by atoms with Crippen LogP contribution >= 0.6 is 0 Å². The van der Waals surface area contributed by atoms with Crippen molar-refractivity contribution in [2.45, 2.75) is 44.7 Å². The maximum atomic E-state index is 3.74. The van der Waals surface area contributed by atoms with Gasteiger partial charge in [0.1, 0.15) is 0 Å². The van der Waals surface area contributed by atoms with E-state index in [1.807, 2.05) is 0 Å². The second-order valence-corrected chi connectivity index (χ2v) is 5.75. The Hall–Kier alpha value is -0.120. The third-order valence-electron chi connectivity index (χ3n) is 4.48. The summed E-state index contributed by atoms with van der Waals surface area (Å²) in [5, 5.41) is 3.74. The van der Waals surface area contributed by atoms with Crippen LogP contribution in [-0.4, -0.2) is 61.2 Å². The molecule has 0 aliphatic carbocycles. The molecule has 2 fully saturated rings. The summed E-state index contributed by atoms with van der Waals surface area (Å²) in [6, 6.07) is 0.713. The summed E-state index contributed by atoms with van der Waals surface area (Å²) >= 11 is 0. The van der Waals surface area contributed by atoms with E-state index in [0.29, 0.717) is 11.6 Å². The molecule has 2 aliphatic heterocycles. The molecule has 0 amide bonds. The van der Waals surface area contributed by atoms with E-state index in [2.05, 4.69) is 36.0 Å². The van der Waals surface area contributed by atoms with Crippen molar-refractivity contribution < 1.29 is 0 Å². The van der Waals surface area contributed by atoms with Crippen molar-refractivity contribution in [2.24, 2.45) is 0 Å². The van der Waals surface area contributed by atoms with Gasteiger partial charge in [0.25, 0.3) is 0 Å². The van der Waals surface area contributed by atoms with Gasteiger partial charge >= 0.3 is 0 Å². The molecule has 0 spiro atoms. The number of hydrogen-bond acceptors (Lipinski definition) is 3. The number of rotatable bonds is 3. The number of nitrogens with zero attached hydrogens (tertiary/aromatic N) is 2. The smallest absolute Gasteiger partial charge is 0.0306 e. The summed E-state index contributed by atoms with van der Waals surface area (Å²) in [6.45, 7) is 10.9. The fourth-order valence-electron chi connectivity index (χ4n) is 3.22. The van der Waals surface area contributed by atoms with E-state index >= 15 is 0 Å². The molecule has 3 nitrogen and oxygen atoms in total. The fourth-order valence-corrected chi connectivity index (χ4v) is 3.22. The predicted octanol–water partition coefficient (Wildman–Crippen LogP) is 1.15. The number of hydrogen-bond donors (Lipinski definition) is 1. The van der Waals surface area contributed by atoms with Crippen LogP contribution in [0.4, 0.5) is 0 Å². The summed E-state index contributed by atoms with van der Waals surface area (Å²) in [4.78, 5) is 5.13. The highest BCUT2D eigenvalue weighted by Crippen LogP contribution is 2.25. The Morgan fingerprint density at radius 2 is 2.19 bits per heavy atom. The lowest BCUT2D eigenvalue weighted by Crippen LogP contribution is -2.57. The molecule has 0 aromatic heterocycles. The van der Waals surface area contributed by atoms with Crippen LogP contribution in [0.15, 0.2) is 0 Å². The van der Waals surface area contributed by atoms with Crippen LogP contribution in [0.25, 0.3) is 0 Å². The van der Waals surface area contributed by atoms with Crippen molar-refractivity contribution in [1.29, 1.82) is 0 Å². The summed E-state index contributed by atoms with van der Waals surface area (Å²) in [5.74, 6) is 0. The maximum Gasteiger partial charge on any atom is 0.0306 e. The first kappa shape index (κ1) is 12.3. The summed E-state index contributed by atoms with van der Waals surface area (Å²) < 4.78 is 0. The second kappa shape index (κ2) is 5.03. The van der Waals surface area contributed by atoms with Crippen LogP contribution in [0.3, 0.4) is 0 Å². The number of piperazine rings is 1. The van der Waals surface area contributed by atoms with Crippen LogP contribution in [0.1, 0.15) is 33.1 Å². The highest BCUT2D eigenvalue weighted by Gasteiger charge is 2.35. The molecule has 0 radical (unpaired) electrons. The summed E-state index contributed by atoms with van der Waals surface area (Å²) in [7, 11) is 2.23. The van der Waals surface area contributed by atoms with Gasteiger partial charge in [-0.3, -0.25) is 4.90 Å². The molecule has 2 atom stereocenters. The largest absolute Gasteiger partial charge is 0.310 e. The molecule has 0 saturated carbocycles. The summed E-state index contributed by atoms with van der Waals surface area (Å²) in [6.07, 6.45) is 3.99. The van der Waals surface area contributed by atoms with Crippen molar-refractivity contribution in [1.82, 2.24) is 15.1 Å². The van der Waals surface area contributed by atoms with E-state index in [1.54, 1.807) is 0 Å². The topological polar surface area (TPSA) is 18.5 Å². The maximum absolute atomic E-state index is 3.74. The minimum Gasteiger partial charge on any atom is -0.310 e. The zero-order valence-corrected chi connectivity index (χ0v) is 11.1. The van der Waals surface area contributed by atoms with Crippen molar-refractivity contribution in [2.75, 3.05) is 39.8 Å². The number of nitrogens with one attached hydrogen (secondary N) is 1. The third kappa shape index (κ3) is 2.58. The Bertz CT molecular complexity index is 223. The Labute approximate surface area is 100 Å². The molecule has 2 unspecified atom stereocenters. The zero-order valence-electron chi connectivity index (χ0n) is 11.1. The molecule has 3 heteroatoms. The van der Waals surface area contributed by atoms with Crippen LogP contribution in [0, 0.1) is 0 Å². The molecule has 0 bridgehead atoms. The molecule has 2 aliphatic rings. The van der Waals surface area contributed by atoms with Gasteiger partial charge in [-0.05, 0) is 39.8 Å². The molecule has 16 heavy (non-hydrogen) atoms. The van der Waals surface area contributed by atoms with E-state index in [4.69, 9.17) is 0 Å². The van der Waals surface area contributed by atoms with Gasteiger partial charge in [0.2, 0.25) is 0 Å². The lowest BCUT2D eigenvalue weighted by molar-refractivity contribution is 0.0719. The van der Waals surface area contributed by atoms with Gasteiger partial charge in [0, 0.05) is 37.8 Å². The molecular weight excluding hydrogens is 198 g/mol. The Morgan fingerprint density at radius 1 is 1.38 bits per heavy atom.